The summed E-state index contributed by atoms with van der Waals surface area (Å²) in [6, 6.07) is 13.3. The number of anilines is 1. The zero-order chi connectivity index (χ0) is 18.7. The molecular weight excluding hydrogens is 334 g/mol. The van der Waals surface area contributed by atoms with Gasteiger partial charge in [-0.15, -0.1) is 0 Å². The molecule has 8 nitrogen and oxygen atoms in total. The number of nitro benzene ring substituents is 1. The molecular formula is C18H17N5O3. The number of nitrogens with one attached hydrogen (secondary N) is 1. The maximum absolute atomic E-state index is 12.6. The molecule has 3 rings (SSSR count). The van der Waals surface area contributed by atoms with Gasteiger partial charge in [0.25, 0.3) is 11.2 Å². The topological polar surface area (TPSA) is 102 Å². The second-order valence-corrected chi connectivity index (χ2v) is 5.62. The van der Waals surface area contributed by atoms with Crippen molar-refractivity contribution in [2.24, 2.45) is 5.10 Å². The van der Waals surface area contributed by atoms with Crippen molar-refractivity contribution in [2.75, 3.05) is 5.43 Å². The highest BCUT2D eigenvalue weighted by molar-refractivity contribution is 5.99. The molecule has 0 amide bonds. The number of aromatic nitrogens is 2. The lowest BCUT2D eigenvalue weighted by molar-refractivity contribution is -0.384. The van der Waals surface area contributed by atoms with Crippen LogP contribution in [-0.2, 0) is 6.54 Å². The second-order valence-electron chi connectivity index (χ2n) is 5.62. The SMILES string of the molecule is CCn1c(N/N=C(/C)c2cccc([N+](=O)[O-])c2)nc2ccccc2c1=O. The highest BCUT2D eigenvalue weighted by Crippen LogP contribution is 2.15. The quantitative estimate of drug-likeness (QED) is 0.432. The van der Waals surface area contributed by atoms with Crippen LogP contribution >= 0.6 is 0 Å². The minimum atomic E-state index is -0.455. The number of para-hydroxylation sites is 1. The van der Waals surface area contributed by atoms with Gasteiger partial charge in [0, 0.05) is 24.2 Å². The molecule has 0 aliphatic rings. The van der Waals surface area contributed by atoms with Gasteiger partial charge in [0.1, 0.15) is 0 Å². The lowest BCUT2D eigenvalue weighted by Crippen LogP contribution is -2.23. The van der Waals surface area contributed by atoms with Gasteiger partial charge in [-0.05, 0) is 26.0 Å². The molecule has 0 bridgehead atoms. The number of non-ortho nitro benzene ring substituents is 1. The average Bonchev–Trinajstić information content (AvgIpc) is 2.66. The molecule has 3 aromatic rings. The van der Waals surface area contributed by atoms with E-state index in [1.54, 1.807) is 37.3 Å². The van der Waals surface area contributed by atoms with Crippen LogP contribution in [0.1, 0.15) is 19.4 Å². The van der Waals surface area contributed by atoms with Gasteiger partial charge in [0.15, 0.2) is 0 Å². The van der Waals surface area contributed by atoms with Gasteiger partial charge < -0.3 is 0 Å². The Bertz CT molecular complexity index is 1070. The first-order chi connectivity index (χ1) is 12.5. The van der Waals surface area contributed by atoms with Gasteiger partial charge in [-0.1, -0.05) is 24.3 Å². The third-order valence-corrected chi connectivity index (χ3v) is 3.98. The Morgan fingerprint density at radius 2 is 2.04 bits per heavy atom. The Hall–Kier alpha value is -3.55. The molecule has 0 saturated heterocycles. The Morgan fingerprint density at radius 3 is 2.77 bits per heavy atom. The van der Waals surface area contributed by atoms with E-state index in [4.69, 9.17) is 0 Å². The summed E-state index contributed by atoms with van der Waals surface area (Å²) in [5.74, 6) is 0.320. The lowest BCUT2D eigenvalue weighted by Gasteiger charge is -2.11. The van der Waals surface area contributed by atoms with Gasteiger partial charge in [-0.2, -0.15) is 5.10 Å². The minimum absolute atomic E-state index is 0.00801. The van der Waals surface area contributed by atoms with Crippen LogP contribution in [0.3, 0.4) is 0 Å². The summed E-state index contributed by atoms with van der Waals surface area (Å²) in [6.45, 7) is 4.01. The van der Waals surface area contributed by atoms with Crippen molar-refractivity contribution < 1.29 is 4.92 Å². The number of hydrogen-bond acceptors (Lipinski definition) is 6. The monoisotopic (exact) mass is 351 g/mol. The summed E-state index contributed by atoms with van der Waals surface area (Å²) in [4.78, 5) is 27.5. The minimum Gasteiger partial charge on any atom is -0.277 e. The van der Waals surface area contributed by atoms with E-state index in [0.29, 0.717) is 34.7 Å². The predicted octanol–water partition coefficient (Wildman–Crippen LogP) is 3.16. The van der Waals surface area contributed by atoms with E-state index in [1.807, 2.05) is 13.0 Å². The normalized spacial score (nSPS) is 11.5. The van der Waals surface area contributed by atoms with Crippen LogP contribution in [0.15, 0.2) is 58.4 Å². The van der Waals surface area contributed by atoms with Crippen molar-refractivity contribution in [3.8, 4) is 0 Å². The summed E-state index contributed by atoms with van der Waals surface area (Å²) in [7, 11) is 0. The number of hydrazone groups is 1. The average molecular weight is 351 g/mol. The molecule has 1 heterocycles. The van der Waals surface area contributed by atoms with E-state index in [1.165, 1.54) is 16.7 Å². The zero-order valence-electron chi connectivity index (χ0n) is 14.3. The van der Waals surface area contributed by atoms with Crippen LogP contribution in [-0.4, -0.2) is 20.2 Å². The smallest absolute Gasteiger partial charge is 0.270 e. The molecule has 2 aromatic carbocycles. The van der Waals surface area contributed by atoms with Crippen LogP contribution in [0, 0.1) is 10.1 Å². The molecule has 132 valence electrons. The second kappa shape index (κ2) is 7.14. The third-order valence-electron chi connectivity index (χ3n) is 3.98. The molecule has 0 fully saturated rings. The lowest BCUT2D eigenvalue weighted by atomic mass is 10.1. The molecule has 0 atom stereocenters. The van der Waals surface area contributed by atoms with E-state index in [9.17, 15) is 14.9 Å². The number of benzene rings is 2. The third kappa shape index (κ3) is 3.30. The number of nitro groups is 1. The molecule has 0 aliphatic carbocycles. The molecule has 0 spiro atoms. The maximum atomic E-state index is 12.6. The summed E-state index contributed by atoms with van der Waals surface area (Å²) in [5, 5.41) is 15.7. The van der Waals surface area contributed by atoms with Crippen molar-refractivity contribution in [1.82, 2.24) is 9.55 Å². The summed E-state index contributed by atoms with van der Waals surface area (Å²) < 4.78 is 1.49. The van der Waals surface area contributed by atoms with Crippen molar-refractivity contribution in [3.63, 3.8) is 0 Å². The largest absolute Gasteiger partial charge is 0.277 e. The fraction of sp³-hybridized carbons (Fsp3) is 0.167. The summed E-state index contributed by atoms with van der Waals surface area (Å²) in [6.07, 6.45) is 0. The zero-order valence-corrected chi connectivity index (χ0v) is 14.3. The molecule has 0 saturated carbocycles. The van der Waals surface area contributed by atoms with Crippen LogP contribution < -0.4 is 11.0 Å². The Balaban J connectivity index is 1.98. The molecule has 26 heavy (non-hydrogen) atoms. The van der Waals surface area contributed by atoms with Crippen molar-refractivity contribution in [2.45, 2.75) is 20.4 Å². The van der Waals surface area contributed by atoms with Gasteiger partial charge in [-0.3, -0.25) is 19.5 Å². The first kappa shape index (κ1) is 17.3. The molecule has 8 heteroatoms. The summed E-state index contributed by atoms with van der Waals surface area (Å²) >= 11 is 0. The fourth-order valence-corrected chi connectivity index (χ4v) is 2.59. The van der Waals surface area contributed by atoms with E-state index in [-0.39, 0.29) is 11.2 Å². The molecule has 0 radical (unpaired) electrons. The summed E-state index contributed by atoms with van der Waals surface area (Å²) in [5.41, 5.74) is 4.38. The number of hydrogen-bond donors (Lipinski definition) is 1. The standard InChI is InChI=1S/C18H17N5O3/c1-3-22-17(24)15-9-4-5-10-16(15)19-18(22)21-20-12(2)13-7-6-8-14(11-13)23(25)26/h4-11H,3H2,1-2H3,(H,19,21)/b20-12-. The predicted molar refractivity (Wildman–Crippen MR) is 101 cm³/mol. The van der Waals surface area contributed by atoms with Crippen LogP contribution in [0.2, 0.25) is 0 Å². The first-order valence-electron chi connectivity index (χ1n) is 8.06. The van der Waals surface area contributed by atoms with Crippen LogP contribution in [0.5, 0.6) is 0 Å². The molecule has 1 aromatic heterocycles. The van der Waals surface area contributed by atoms with Gasteiger partial charge in [0.2, 0.25) is 5.95 Å². The van der Waals surface area contributed by atoms with Gasteiger partial charge in [-0.25, -0.2) is 10.4 Å². The molecule has 0 aliphatic heterocycles. The number of nitrogens with zero attached hydrogens (tertiary/aromatic N) is 4. The first-order valence-corrected chi connectivity index (χ1v) is 8.06. The Labute approximate surface area is 149 Å². The molecule has 0 unspecified atom stereocenters. The number of rotatable bonds is 5. The molecule has 1 N–H and O–H groups in total. The van der Waals surface area contributed by atoms with E-state index >= 15 is 0 Å². The van der Waals surface area contributed by atoms with E-state index < -0.39 is 4.92 Å². The van der Waals surface area contributed by atoms with Gasteiger partial charge >= 0.3 is 0 Å². The Kier molecular flexibility index (Phi) is 4.74. The van der Waals surface area contributed by atoms with E-state index in [0.717, 1.165) is 0 Å². The van der Waals surface area contributed by atoms with Crippen LogP contribution in [0.25, 0.3) is 10.9 Å². The van der Waals surface area contributed by atoms with Gasteiger partial charge in [0.05, 0.1) is 21.5 Å². The maximum Gasteiger partial charge on any atom is 0.270 e. The van der Waals surface area contributed by atoms with E-state index in [2.05, 4.69) is 15.5 Å². The number of fused-ring (bicyclic) bond motifs is 1. The highest BCUT2D eigenvalue weighted by atomic mass is 16.6. The highest BCUT2D eigenvalue weighted by Gasteiger charge is 2.10. The van der Waals surface area contributed by atoms with Crippen molar-refractivity contribution >= 4 is 28.3 Å². The Morgan fingerprint density at radius 1 is 1.27 bits per heavy atom. The van der Waals surface area contributed by atoms with Crippen molar-refractivity contribution in [3.05, 3.63) is 74.6 Å². The van der Waals surface area contributed by atoms with Crippen molar-refractivity contribution in [1.29, 1.82) is 0 Å². The fourth-order valence-electron chi connectivity index (χ4n) is 2.59. The van der Waals surface area contributed by atoms with Crippen LogP contribution in [0.4, 0.5) is 11.6 Å².